The first-order valence-electron chi connectivity index (χ1n) is 6.09. The van der Waals surface area contributed by atoms with E-state index in [1.54, 1.807) is 4.90 Å². The number of nitrogens with zero attached hydrogens (tertiary/aromatic N) is 4. The lowest BCUT2D eigenvalue weighted by molar-refractivity contribution is 0.183. The molecule has 2 unspecified atom stereocenters. The zero-order valence-electron chi connectivity index (χ0n) is 11.1. The van der Waals surface area contributed by atoms with Gasteiger partial charge in [0.15, 0.2) is 0 Å². The summed E-state index contributed by atoms with van der Waals surface area (Å²) in [5.74, 6) is 1.79. The van der Waals surface area contributed by atoms with E-state index in [1.807, 2.05) is 14.1 Å². The Labute approximate surface area is 107 Å². The van der Waals surface area contributed by atoms with Gasteiger partial charge in [-0.3, -0.25) is 0 Å². The maximum atomic E-state index is 5.67. The van der Waals surface area contributed by atoms with Crippen LogP contribution in [0, 0.1) is 5.92 Å². The van der Waals surface area contributed by atoms with Gasteiger partial charge < -0.3 is 20.7 Å². The lowest BCUT2D eigenvalue weighted by Crippen LogP contribution is -2.28. The minimum atomic E-state index is 0.228. The van der Waals surface area contributed by atoms with E-state index in [2.05, 4.69) is 27.2 Å². The molecule has 18 heavy (non-hydrogen) atoms. The number of hydrogen-bond acceptors (Lipinski definition) is 7. The van der Waals surface area contributed by atoms with Gasteiger partial charge in [0.1, 0.15) is 0 Å². The van der Waals surface area contributed by atoms with Crippen LogP contribution in [0.5, 0.6) is 0 Å². The summed E-state index contributed by atoms with van der Waals surface area (Å²) in [5.41, 5.74) is 5.67. The second kappa shape index (κ2) is 5.34. The Kier molecular flexibility index (Phi) is 3.81. The van der Waals surface area contributed by atoms with Crippen molar-refractivity contribution in [3.63, 3.8) is 0 Å². The van der Waals surface area contributed by atoms with Gasteiger partial charge in [-0.1, -0.05) is 0 Å². The molecule has 1 aliphatic rings. The number of nitrogens with one attached hydrogen (secondary N) is 1. The summed E-state index contributed by atoms with van der Waals surface area (Å²) in [5, 5.41) is 3.27. The first-order valence-corrected chi connectivity index (χ1v) is 6.09. The number of nitrogens with two attached hydrogens (primary N) is 1. The van der Waals surface area contributed by atoms with Crippen molar-refractivity contribution in [2.24, 2.45) is 5.92 Å². The second-order valence-corrected chi connectivity index (χ2v) is 4.77. The second-order valence-electron chi connectivity index (χ2n) is 4.77. The van der Waals surface area contributed by atoms with Gasteiger partial charge in [-0.15, -0.1) is 0 Å². The fraction of sp³-hybridized carbons (Fsp3) is 0.727. The zero-order valence-corrected chi connectivity index (χ0v) is 11.1. The van der Waals surface area contributed by atoms with Gasteiger partial charge in [0.25, 0.3) is 0 Å². The third kappa shape index (κ3) is 2.98. The molecule has 1 saturated heterocycles. The molecule has 1 fully saturated rings. The van der Waals surface area contributed by atoms with E-state index in [0.29, 0.717) is 17.8 Å². The summed E-state index contributed by atoms with van der Waals surface area (Å²) < 4.78 is 5.38. The van der Waals surface area contributed by atoms with Crippen molar-refractivity contribution in [3.05, 3.63) is 0 Å². The highest BCUT2D eigenvalue weighted by Gasteiger charge is 2.23. The number of rotatable bonds is 4. The Morgan fingerprint density at radius 2 is 2.17 bits per heavy atom. The Bertz CT molecular complexity index is 405. The van der Waals surface area contributed by atoms with E-state index >= 15 is 0 Å². The first kappa shape index (κ1) is 12.8. The Morgan fingerprint density at radius 3 is 2.78 bits per heavy atom. The van der Waals surface area contributed by atoms with Gasteiger partial charge in [0.05, 0.1) is 6.61 Å². The van der Waals surface area contributed by atoms with Crippen molar-refractivity contribution < 1.29 is 4.74 Å². The third-order valence-corrected chi connectivity index (χ3v) is 3.07. The molecule has 1 aromatic rings. The summed E-state index contributed by atoms with van der Waals surface area (Å²) >= 11 is 0. The van der Waals surface area contributed by atoms with E-state index in [0.717, 1.165) is 19.6 Å². The van der Waals surface area contributed by atoms with Crippen molar-refractivity contribution in [1.82, 2.24) is 15.0 Å². The van der Waals surface area contributed by atoms with Crippen molar-refractivity contribution in [3.8, 4) is 0 Å². The van der Waals surface area contributed by atoms with Gasteiger partial charge in [-0.25, -0.2) is 0 Å². The molecule has 0 amide bonds. The molecular formula is C11H20N6O. The predicted octanol–water partition coefficient (Wildman–Crippen LogP) is 0.357. The number of aromatic nitrogens is 3. The summed E-state index contributed by atoms with van der Waals surface area (Å²) in [6.45, 7) is 3.73. The summed E-state index contributed by atoms with van der Waals surface area (Å²) in [6, 6.07) is 0.254. The van der Waals surface area contributed by atoms with E-state index in [4.69, 9.17) is 10.5 Å². The Hall–Kier alpha value is -1.63. The van der Waals surface area contributed by atoms with Crippen molar-refractivity contribution in [2.45, 2.75) is 19.4 Å². The SMILES string of the molecule is CC(Nc1nc(N)nc(N(C)C)n1)C1CCOC1. The molecule has 100 valence electrons. The lowest BCUT2D eigenvalue weighted by Gasteiger charge is -2.20. The monoisotopic (exact) mass is 252 g/mol. The van der Waals surface area contributed by atoms with Crippen molar-refractivity contribution in [1.29, 1.82) is 0 Å². The van der Waals surface area contributed by atoms with E-state index in [-0.39, 0.29) is 12.0 Å². The topological polar surface area (TPSA) is 89.2 Å². The van der Waals surface area contributed by atoms with Crippen LogP contribution in [0.2, 0.25) is 0 Å². The summed E-state index contributed by atoms with van der Waals surface area (Å²) in [4.78, 5) is 14.3. The van der Waals surface area contributed by atoms with Crippen LogP contribution < -0.4 is 16.0 Å². The van der Waals surface area contributed by atoms with Crippen LogP contribution in [-0.4, -0.2) is 48.3 Å². The molecule has 0 saturated carbocycles. The van der Waals surface area contributed by atoms with Gasteiger partial charge in [0.2, 0.25) is 17.8 Å². The average Bonchev–Trinajstić information content (AvgIpc) is 2.81. The smallest absolute Gasteiger partial charge is 0.231 e. The van der Waals surface area contributed by atoms with Crippen molar-refractivity contribution in [2.75, 3.05) is 43.3 Å². The number of ether oxygens (including phenoxy) is 1. The molecule has 0 bridgehead atoms. The van der Waals surface area contributed by atoms with Crippen LogP contribution in [0.15, 0.2) is 0 Å². The first-order chi connectivity index (χ1) is 8.56. The maximum absolute atomic E-state index is 5.67. The third-order valence-electron chi connectivity index (χ3n) is 3.07. The maximum Gasteiger partial charge on any atom is 0.231 e. The molecule has 2 rings (SSSR count). The molecular weight excluding hydrogens is 232 g/mol. The van der Waals surface area contributed by atoms with Crippen LogP contribution in [0.1, 0.15) is 13.3 Å². The fourth-order valence-corrected chi connectivity index (χ4v) is 1.91. The largest absolute Gasteiger partial charge is 0.381 e. The molecule has 2 atom stereocenters. The standard InChI is InChI=1S/C11H20N6O/c1-7(8-4-5-18-6-8)13-10-14-9(12)15-11(16-10)17(2)3/h7-8H,4-6H2,1-3H3,(H3,12,13,14,15,16). The molecule has 7 nitrogen and oxygen atoms in total. The quantitative estimate of drug-likeness (QED) is 0.799. The van der Waals surface area contributed by atoms with Gasteiger partial charge in [-0.2, -0.15) is 15.0 Å². The van der Waals surface area contributed by atoms with Crippen molar-refractivity contribution >= 4 is 17.8 Å². The van der Waals surface area contributed by atoms with E-state index in [1.165, 1.54) is 0 Å². The molecule has 3 N–H and O–H groups in total. The molecule has 0 aromatic carbocycles. The minimum Gasteiger partial charge on any atom is -0.381 e. The Balaban J connectivity index is 2.08. The van der Waals surface area contributed by atoms with E-state index in [9.17, 15) is 0 Å². The molecule has 1 aromatic heterocycles. The lowest BCUT2D eigenvalue weighted by atomic mass is 10.0. The Morgan fingerprint density at radius 1 is 1.39 bits per heavy atom. The molecule has 0 radical (unpaired) electrons. The fourth-order valence-electron chi connectivity index (χ4n) is 1.91. The highest BCUT2D eigenvalue weighted by molar-refractivity contribution is 5.41. The van der Waals surface area contributed by atoms with E-state index < -0.39 is 0 Å². The zero-order chi connectivity index (χ0) is 13.1. The molecule has 0 aliphatic carbocycles. The van der Waals surface area contributed by atoms with Gasteiger partial charge in [-0.05, 0) is 13.3 Å². The number of anilines is 3. The van der Waals surface area contributed by atoms with Crippen LogP contribution in [0.25, 0.3) is 0 Å². The van der Waals surface area contributed by atoms with Crippen LogP contribution in [0.4, 0.5) is 17.8 Å². The van der Waals surface area contributed by atoms with Crippen LogP contribution in [-0.2, 0) is 4.74 Å². The molecule has 0 spiro atoms. The number of nitrogen functional groups attached to an aromatic ring is 1. The average molecular weight is 252 g/mol. The molecule has 1 aliphatic heterocycles. The highest BCUT2D eigenvalue weighted by Crippen LogP contribution is 2.19. The molecule has 7 heteroatoms. The van der Waals surface area contributed by atoms with Crippen LogP contribution in [0.3, 0.4) is 0 Å². The van der Waals surface area contributed by atoms with Crippen LogP contribution >= 0.6 is 0 Å². The summed E-state index contributed by atoms with van der Waals surface area (Å²) in [6.07, 6.45) is 1.06. The normalized spacial score (nSPS) is 20.7. The summed E-state index contributed by atoms with van der Waals surface area (Å²) in [7, 11) is 3.74. The molecule has 2 heterocycles. The van der Waals surface area contributed by atoms with Gasteiger partial charge >= 0.3 is 0 Å². The predicted molar refractivity (Wildman–Crippen MR) is 70.6 cm³/mol. The minimum absolute atomic E-state index is 0.228. The number of hydrogen-bond donors (Lipinski definition) is 2. The van der Waals surface area contributed by atoms with Gasteiger partial charge in [0, 0.05) is 32.7 Å². The highest BCUT2D eigenvalue weighted by atomic mass is 16.5.